The SMILES string of the molecule is COc1ccccc1N[C@@H](C)C(=O)Nc1cccc(C(C)=O)c1. The normalized spacial score (nSPS) is 11.4. The number of hydrogen-bond acceptors (Lipinski definition) is 4. The Kier molecular flexibility index (Phi) is 5.36. The topological polar surface area (TPSA) is 67.4 Å². The number of ketones is 1. The molecule has 2 N–H and O–H groups in total. The van der Waals surface area contributed by atoms with E-state index >= 15 is 0 Å². The maximum Gasteiger partial charge on any atom is 0.246 e. The molecule has 0 heterocycles. The Labute approximate surface area is 135 Å². The largest absolute Gasteiger partial charge is 0.495 e. The van der Waals surface area contributed by atoms with Gasteiger partial charge in [0.25, 0.3) is 0 Å². The summed E-state index contributed by atoms with van der Waals surface area (Å²) in [5.74, 6) is 0.434. The second kappa shape index (κ2) is 7.45. The minimum absolute atomic E-state index is 0.0405. The molecule has 5 heteroatoms. The molecule has 5 nitrogen and oxygen atoms in total. The molecule has 23 heavy (non-hydrogen) atoms. The number of hydrogen-bond donors (Lipinski definition) is 2. The average Bonchev–Trinajstić information content (AvgIpc) is 2.55. The van der Waals surface area contributed by atoms with Gasteiger partial charge in [0.05, 0.1) is 12.8 Å². The molecule has 0 aliphatic carbocycles. The highest BCUT2D eigenvalue weighted by molar-refractivity contribution is 5.99. The summed E-state index contributed by atoms with van der Waals surface area (Å²) in [6.45, 7) is 3.25. The van der Waals surface area contributed by atoms with Gasteiger partial charge >= 0.3 is 0 Å². The third kappa shape index (κ3) is 4.32. The van der Waals surface area contributed by atoms with E-state index in [9.17, 15) is 9.59 Å². The molecule has 0 aliphatic rings. The number of carbonyl (C=O) groups excluding carboxylic acids is 2. The smallest absolute Gasteiger partial charge is 0.246 e. The summed E-state index contributed by atoms with van der Waals surface area (Å²) in [6, 6.07) is 13.8. The fourth-order valence-corrected chi connectivity index (χ4v) is 2.13. The van der Waals surface area contributed by atoms with E-state index in [0.29, 0.717) is 17.0 Å². The second-order valence-corrected chi connectivity index (χ2v) is 5.19. The molecule has 0 radical (unpaired) electrons. The Morgan fingerprint density at radius 1 is 1.09 bits per heavy atom. The number of carbonyl (C=O) groups is 2. The number of Topliss-reactive ketones (excluding diaryl/α,β-unsaturated/α-hetero) is 1. The Morgan fingerprint density at radius 3 is 2.52 bits per heavy atom. The first kappa shape index (κ1) is 16.5. The monoisotopic (exact) mass is 312 g/mol. The fourth-order valence-electron chi connectivity index (χ4n) is 2.13. The maximum absolute atomic E-state index is 12.3. The van der Waals surface area contributed by atoms with Gasteiger partial charge in [-0.05, 0) is 38.1 Å². The van der Waals surface area contributed by atoms with Gasteiger partial charge in [0.1, 0.15) is 11.8 Å². The van der Waals surface area contributed by atoms with Crippen molar-refractivity contribution in [1.82, 2.24) is 0 Å². The molecule has 0 aromatic heterocycles. The van der Waals surface area contributed by atoms with Crippen molar-refractivity contribution in [3.05, 3.63) is 54.1 Å². The van der Waals surface area contributed by atoms with Crippen molar-refractivity contribution in [2.45, 2.75) is 19.9 Å². The highest BCUT2D eigenvalue weighted by Gasteiger charge is 2.15. The molecule has 2 aromatic rings. The predicted octanol–water partition coefficient (Wildman–Crippen LogP) is 3.34. The number of ether oxygens (including phenoxy) is 1. The third-order valence-corrected chi connectivity index (χ3v) is 3.41. The van der Waals surface area contributed by atoms with Crippen LogP contribution in [0.15, 0.2) is 48.5 Å². The minimum Gasteiger partial charge on any atom is -0.495 e. The zero-order valence-corrected chi connectivity index (χ0v) is 13.4. The van der Waals surface area contributed by atoms with Gasteiger partial charge in [-0.3, -0.25) is 9.59 Å². The summed E-state index contributed by atoms with van der Waals surface area (Å²) in [4.78, 5) is 23.7. The van der Waals surface area contributed by atoms with Crippen molar-refractivity contribution < 1.29 is 14.3 Å². The van der Waals surface area contributed by atoms with Crippen LogP contribution < -0.4 is 15.4 Å². The van der Waals surface area contributed by atoms with Crippen LogP contribution in [0.4, 0.5) is 11.4 Å². The Bertz CT molecular complexity index is 713. The van der Waals surface area contributed by atoms with E-state index < -0.39 is 6.04 Å². The zero-order chi connectivity index (χ0) is 16.8. The summed E-state index contributed by atoms with van der Waals surface area (Å²) in [7, 11) is 1.58. The molecule has 0 saturated heterocycles. The van der Waals surface area contributed by atoms with Crippen LogP contribution in [0.1, 0.15) is 24.2 Å². The van der Waals surface area contributed by atoms with E-state index in [1.807, 2.05) is 24.3 Å². The summed E-state index contributed by atoms with van der Waals surface area (Å²) in [5.41, 5.74) is 1.90. The molecule has 0 spiro atoms. The van der Waals surface area contributed by atoms with Gasteiger partial charge in [0.15, 0.2) is 5.78 Å². The van der Waals surface area contributed by atoms with E-state index in [2.05, 4.69) is 10.6 Å². The summed E-state index contributed by atoms with van der Waals surface area (Å²) < 4.78 is 5.25. The minimum atomic E-state index is -0.465. The molecule has 1 atom stereocenters. The highest BCUT2D eigenvalue weighted by atomic mass is 16.5. The summed E-state index contributed by atoms with van der Waals surface area (Å²) >= 11 is 0. The maximum atomic E-state index is 12.3. The van der Waals surface area contributed by atoms with Crippen LogP contribution >= 0.6 is 0 Å². The summed E-state index contributed by atoms with van der Waals surface area (Å²) in [5, 5.41) is 5.92. The van der Waals surface area contributed by atoms with Crippen molar-refractivity contribution in [3.63, 3.8) is 0 Å². The number of amides is 1. The molecule has 0 aliphatic heterocycles. The lowest BCUT2D eigenvalue weighted by Gasteiger charge is -2.17. The molecule has 0 fully saturated rings. The van der Waals surface area contributed by atoms with Gasteiger partial charge in [-0.2, -0.15) is 0 Å². The van der Waals surface area contributed by atoms with Crippen LogP contribution in [0.2, 0.25) is 0 Å². The van der Waals surface area contributed by atoms with Gasteiger partial charge in [0.2, 0.25) is 5.91 Å². The molecule has 0 saturated carbocycles. The number of nitrogens with one attached hydrogen (secondary N) is 2. The van der Waals surface area contributed by atoms with Crippen molar-refractivity contribution in [2.75, 3.05) is 17.7 Å². The number of benzene rings is 2. The van der Waals surface area contributed by atoms with Crippen LogP contribution in [0.25, 0.3) is 0 Å². The van der Waals surface area contributed by atoms with E-state index in [-0.39, 0.29) is 11.7 Å². The number of rotatable bonds is 6. The van der Waals surface area contributed by atoms with Gasteiger partial charge in [-0.25, -0.2) is 0 Å². The van der Waals surface area contributed by atoms with Crippen molar-refractivity contribution >= 4 is 23.1 Å². The number of anilines is 2. The molecular weight excluding hydrogens is 292 g/mol. The standard InChI is InChI=1S/C18H20N2O3/c1-12(19-16-9-4-5-10-17(16)23-3)18(22)20-15-8-6-7-14(11-15)13(2)21/h4-12,19H,1-3H3,(H,20,22)/t12-/m0/s1. The summed E-state index contributed by atoms with van der Waals surface area (Å²) in [6.07, 6.45) is 0. The molecule has 1 amide bonds. The lowest BCUT2D eigenvalue weighted by molar-refractivity contribution is -0.116. The Morgan fingerprint density at radius 2 is 1.83 bits per heavy atom. The molecule has 0 unspecified atom stereocenters. The van der Waals surface area contributed by atoms with Crippen molar-refractivity contribution in [3.8, 4) is 5.75 Å². The first-order valence-corrected chi connectivity index (χ1v) is 7.32. The lowest BCUT2D eigenvalue weighted by atomic mass is 10.1. The molecule has 2 aromatic carbocycles. The number of methoxy groups -OCH3 is 1. The van der Waals surface area contributed by atoms with Gasteiger partial charge < -0.3 is 15.4 Å². The zero-order valence-electron chi connectivity index (χ0n) is 13.4. The fraction of sp³-hybridized carbons (Fsp3) is 0.222. The quantitative estimate of drug-likeness (QED) is 0.803. The highest BCUT2D eigenvalue weighted by Crippen LogP contribution is 2.24. The van der Waals surface area contributed by atoms with E-state index in [1.165, 1.54) is 6.92 Å². The molecule has 2 rings (SSSR count). The molecule has 0 bridgehead atoms. The molecular formula is C18H20N2O3. The van der Waals surface area contributed by atoms with Gasteiger partial charge in [-0.1, -0.05) is 24.3 Å². The van der Waals surface area contributed by atoms with Crippen molar-refractivity contribution in [1.29, 1.82) is 0 Å². The van der Waals surface area contributed by atoms with Crippen LogP contribution in [0, 0.1) is 0 Å². The van der Waals surface area contributed by atoms with E-state index in [1.54, 1.807) is 38.3 Å². The Hall–Kier alpha value is -2.82. The van der Waals surface area contributed by atoms with E-state index in [4.69, 9.17) is 4.74 Å². The first-order valence-electron chi connectivity index (χ1n) is 7.32. The Balaban J connectivity index is 2.05. The van der Waals surface area contributed by atoms with Crippen LogP contribution in [-0.4, -0.2) is 24.8 Å². The van der Waals surface area contributed by atoms with Crippen LogP contribution in [0.3, 0.4) is 0 Å². The van der Waals surface area contributed by atoms with E-state index in [0.717, 1.165) is 5.69 Å². The van der Waals surface area contributed by atoms with Gasteiger partial charge in [0, 0.05) is 11.3 Å². The van der Waals surface area contributed by atoms with Gasteiger partial charge in [-0.15, -0.1) is 0 Å². The van der Waals surface area contributed by atoms with Crippen molar-refractivity contribution in [2.24, 2.45) is 0 Å². The lowest BCUT2D eigenvalue weighted by Crippen LogP contribution is -2.32. The molecule has 120 valence electrons. The number of para-hydroxylation sites is 2. The third-order valence-electron chi connectivity index (χ3n) is 3.41. The first-order chi connectivity index (χ1) is 11.0. The van der Waals surface area contributed by atoms with Crippen LogP contribution in [0.5, 0.6) is 5.75 Å². The second-order valence-electron chi connectivity index (χ2n) is 5.19. The predicted molar refractivity (Wildman–Crippen MR) is 91.2 cm³/mol. The van der Waals surface area contributed by atoms with Crippen LogP contribution in [-0.2, 0) is 4.79 Å². The average molecular weight is 312 g/mol.